The van der Waals surface area contributed by atoms with Crippen molar-refractivity contribution in [3.05, 3.63) is 23.8 Å². The molecule has 1 heterocycles. The summed E-state index contributed by atoms with van der Waals surface area (Å²) in [7, 11) is 0.549. The first-order chi connectivity index (χ1) is 9.19. The molecule has 0 amide bonds. The Morgan fingerprint density at radius 3 is 2.25 bits per heavy atom. The molecule has 0 saturated carbocycles. The van der Waals surface area contributed by atoms with Crippen molar-refractivity contribution in [3.8, 4) is 5.75 Å². The van der Waals surface area contributed by atoms with Crippen molar-refractivity contribution in [3.63, 3.8) is 0 Å². The number of esters is 1. The quantitative estimate of drug-likeness (QED) is 0.655. The second-order valence-corrected chi connectivity index (χ2v) is 5.82. The fourth-order valence-corrected chi connectivity index (χ4v) is 2.00. The Labute approximate surface area is 119 Å². The van der Waals surface area contributed by atoms with Crippen LogP contribution in [0.25, 0.3) is 0 Å². The van der Waals surface area contributed by atoms with Crippen molar-refractivity contribution < 1.29 is 23.9 Å². The molecular weight excluding hydrogens is 259 g/mol. The van der Waals surface area contributed by atoms with E-state index in [2.05, 4.69) is 4.74 Å². The van der Waals surface area contributed by atoms with Gasteiger partial charge in [0.15, 0.2) is 0 Å². The molecule has 0 unspecified atom stereocenters. The summed E-state index contributed by atoms with van der Waals surface area (Å²) in [5.74, 6) is -0.765. The van der Waals surface area contributed by atoms with Gasteiger partial charge in [0.1, 0.15) is 11.3 Å². The zero-order valence-corrected chi connectivity index (χ0v) is 12.4. The number of carbonyl (C=O) groups excluding carboxylic acids is 1. The van der Waals surface area contributed by atoms with E-state index in [0.717, 1.165) is 0 Å². The molecule has 6 heteroatoms. The minimum atomic E-state index is -0.718. The van der Waals surface area contributed by atoms with Gasteiger partial charge in [-0.05, 0) is 33.8 Å². The van der Waals surface area contributed by atoms with Gasteiger partial charge in [-0.2, -0.15) is 0 Å². The lowest BCUT2D eigenvalue weighted by atomic mass is 9.77. The van der Waals surface area contributed by atoms with Crippen LogP contribution in [0.2, 0.25) is 0 Å². The van der Waals surface area contributed by atoms with Crippen LogP contribution in [0.4, 0.5) is 0 Å². The molecule has 0 aliphatic carbocycles. The average Bonchev–Trinajstić information content (AvgIpc) is 2.57. The summed E-state index contributed by atoms with van der Waals surface area (Å²) in [5.41, 5.74) is -0.497. The molecule has 1 saturated heterocycles. The van der Waals surface area contributed by atoms with Gasteiger partial charge in [-0.3, -0.25) is 0 Å². The number of aromatic hydroxyl groups is 1. The number of para-hydroxylation sites is 1. The summed E-state index contributed by atoms with van der Waals surface area (Å²) in [6, 6.07) is 4.83. The van der Waals surface area contributed by atoms with Crippen molar-refractivity contribution in [2.45, 2.75) is 38.9 Å². The molecule has 1 fully saturated rings. The third kappa shape index (κ3) is 2.29. The van der Waals surface area contributed by atoms with Gasteiger partial charge in [-0.15, -0.1) is 0 Å². The summed E-state index contributed by atoms with van der Waals surface area (Å²) < 4.78 is 16.4. The van der Waals surface area contributed by atoms with Gasteiger partial charge < -0.3 is 19.2 Å². The molecule has 0 atom stereocenters. The smallest absolute Gasteiger partial charge is 0.498 e. The van der Waals surface area contributed by atoms with Gasteiger partial charge >= 0.3 is 13.1 Å². The molecule has 1 N–H and O–H groups in total. The third-order valence-corrected chi connectivity index (χ3v) is 3.98. The van der Waals surface area contributed by atoms with Crippen LogP contribution in [0.3, 0.4) is 0 Å². The molecular formula is C14H19BO5. The minimum Gasteiger partial charge on any atom is -0.507 e. The highest BCUT2D eigenvalue weighted by Crippen LogP contribution is 2.37. The van der Waals surface area contributed by atoms with Gasteiger partial charge in [0.05, 0.1) is 18.3 Å². The van der Waals surface area contributed by atoms with Gasteiger partial charge in [0.2, 0.25) is 0 Å². The molecule has 5 nitrogen and oxygen atoms in total. The first-order valence-corrected chi connectivity index (χ1v) is 6.45. The molecule has 0 spiro atoms. The van der Waals surface area contributed by atoms with Crippen LogP contribution in [0.15, 0.2) is 18.2 Å². The Bertz CT molecular complexity index is 522. The van der Waals surface area contributed by atoms with Crippen molar-refractivity contribution in [1.29, 1.82) is 0 Å². The van der Waals surface area contributed by atoms with Gasteiger partial charge in [0.25, 0.3) is 0 Å². The number of carbonyl (C=O) groups is 1. The number of methoxy groups -OCH3 is 1. The predicted molar refractivity (Wildman–Crippen MR) is 75.2 cm³/mol. The van der Waals surface area contributed by atoms with E-state index in [1.54, 1.807) is 12.1 Å². The third-order valence-electron chi connectivity index (χ3n) is 3.98. The minimum absolute atomic E-state index is 0.0970. The second kappa shape index (κ2) is 4.79. The summed E-state index contributed by atoms with van der Waals surface area (Å²) in [6.07, 6.45) is 0. The first kappa shape index (κ1) is 14.9. The average molecular weight is 278 g/mol. The molecule has 0 radical (unpaired) electrons. The maximum atomic E-state index is 11.6. The number of rotatable bonds is 2. The SMILES string of the molecule is COC(=O)c1cccc(B2OC(C)(C)C(C)(C)O2)c1O. The van der Waals surface area contributed by atoms with Crippen LogP contribution in [0.1, 0.15) is 38.1 Å². The summed E-state index contributed by atoms with van der Waals surface area (Å²) >= 11 is 0. The van der Waals surface area contributed by atoms with E-state index in [4.69, 9.17) is 9.31 Å². The molecule has 2 rings (SSSR count). The molecule has 108 valence electrons. The van der Waals surface area contributed by atoms with Crippen LogP contribution in [-0.4, -0.2) is 36.5 Å². The number of phenols is 1. The number of ether oxygens (including phenoxy) is 1. The van der Waals surface area contributed by atoms with Crippen LogP contribution in [-0.2, 0) is 14.0 Å². The standard InChI is InChI=1S/C14H19BO5/c1-13(2)14(3,4)20-15(19-13)10-8-6-7-9(11(10)16)12(17)18-5/h6-8,16H,1-5H3. The fourth-order valence-electron chi connectivity index (χ4n) is 2.00. The molecule has 1 aliphatic rings. The number of phenolic OH excluding ortho intramolecular Hbond substituents is 1. The zero-order chi connectivity index (χ0) is 15.1. The molecule has 0 bridgehead atoms. The largest absolute Gasteiger partial charge is 0.507 e. The van der Waals surface area contributed by atoms with Crippen molar-refractivity contribution in [1.82, 2.24) is 0 Å². The number of hydrogen-bond donors (Lipinski definition) is 1. The van der Waals surface area contributed by atoms with E-state index in [1.165, 1.54) is 13.2 Å². The maximum absolute atomic E-state index is 11.6. The lowest BCUT2D eigenvalue weighted by Crippen LogP contribution is -2.41. The Morgan fingerprint density at radius 1 is 1.20 bits per heavy atom. The van der Waals surface area contributed by atoms with Crippen molar-refractivity contribution in [2.75, 3.05) is 7.11 Å². The normalized spacial score (nSPS) is 19.9. The lowest BCUT2D eigenvalue weighted by molar-refractivity contribution is 0.00578. The van der Waals surface area contributed by atoms with Gasteiger partial charge in [-0.25, -0.2) is 4.79 Å². The van der Waals surface area contributed by atoms with Crippen LogP contribution in [0, 0.1) is 0 Å². The highest BCUT2D eigenvalue weighted by atomic mass is 16.7. The molecule has 20 heavy (non-hydrogen) atoms. The van der Waals surface area contributed by atoms with Gasteiger partial charge in [0, 0.05) is 5.46 Å². The van der Waals surface area contributed by atoms with Crippen LogP contribution < -0.4 is 5.46 Å². The van der Waals surface area contributed by atoms with Crippen LogP contribution >= 0.6 is 0 Å². The molecule has 0 aromatic heterocycles. The van der Waals surface area contributed by atoms with E-state index >= 15 is 0 Å². The molecule has 1 aromatic rings. The predicted octanol–water partition coefficient (Wildman–Crippen LogP) is 1.48. The highest BCUT2D eigenvalue weighted by Gasteiger charge is 2.52. The summed E-state index contributed by atoms with van der Waals surface area (Å²) in [6.45, 7) is 7.70. The van der Waals surface area contributed by atoms with E-state index in [0.29, 0.717) is 5.46 Å². The Balaban J connectivity index is 2.39. The number of benzene rings is 1. The lowest BCUT2D eigenvalue weighted by Gasteiger charge is -2.32. The summed E-state index contributed by atoms with van der Waals surface area (Å²) in [4.78, 5) is 11.6. The van der Waals surface area contributed by atoms with Gasteiger partial charge in [-0.1, -0.05) is 12.1 Å². The topological polar surface area (TPSA) is 65.0 Å². The van der Waals surface area contributed by atoms with Crippen molar-refractivity contribution in [2.24, 2.45) is 0 Å². The highest BCUT2D eigenvalue weighted by molar-refractivity contribution is 6.63. The Morgan fingerprint density at radius 2 is 1.75 bits per heavy atom. The molecule has 1 aliphatic heterocycles. The van der Waals surface area contributed by atoms with E-state index in [-0.39, 0.29) is 11.3 Å². The summed E-state index contributed by atoms with van der Waals surface area (Å²) in [5, 5.41) is 10.2. The van der Waals surface area contributed by atoms with E-state index < -0.39 is 24.3 Å². The van der Waals surface area contributed by atoms with Crippen molar-refractivity contribution >= 4 is 18.6 Å². The first-order valence-electron chi connectivity index (χ1n) is 6.45. The van der Waals surface area contributed by atoms with E-state index in [9.17, 15) is 9.90 Å². The fraction of sp³-hybridized carbons (Fsp3) is 0.500. The monoisotopic (exact) mass is 278 g/mol. The zero-order valence-electron chi connectivity index (χ0n) is 12.4. The maximum Gasteiger partial charge on any atom is 0.498 e. The Kier molecular flexibility index (Phi) is 3.56. The second-order valence-electron chi connectivity index (χ2n) is 5.82. The Hall–Kier alpha value is -1.53. The van der Waals surface area contributed by atoms with E-state index in [1.807, 2.05) is 27.7 Å². The molecule has 1 aromatic carbocycles. The van der Waals surface area contributed by atoms with Crippen LogP contribution in [0.5, 0.6) is 5.75 Å². The number of hydrogen-bond acceptors (Lipinski definition) is 5.